The van der Waals surface area contributed by atoms with E-state index in [-0.39, 0.29) is 55.3 Å². The van der Waals surface area contributed by atoms with Crippen molar-refractivity contribution in [3.63, 3.8) is 0 Å². The summed E-state index contributed by atoms with van der Waals surface area (Å²) in [5.41, 5.74) is 0.730. The fraction of sp³-hybridized carbons (Fsp3) is 0.609. The van der Waals surface area contributed by atoms with Crippen molar-refractivity contribution < 1.29 is 27.5 Å². The van der Waals surface area contributed by atoms with Crippen molar-refractivity contribution in [2.75, 3.05) is 13.2 Å². The molecule has 2 aromatic heterocycles. The number of hydrogen-bond acceptors (Lipinski definition) is 5. The highest BCUT2D eigenvalue weighted by atomic mass is 32.1. The summed E-state index contributed by atoms with van der Waals surface area (Å²) in [5, 5.41) is 7.67. The Balaban J connectivity index is 1.42. The van der Waals surface area contributed by atoms with Gasteiger partial charge in [0.25, 0.3) is 0 Å². The molecule has 1 fully saturated rings. The predicted octanol–water partition coefficient (Wildman–Crippen LogP) is 4.66. The Labute approximate surface area is 194 Å². The van der Waals surface area contributed by atoms with E-state index in [9.17, 15) is 22.8 Å². The van der Waals surface area contributed by atoms with Crippen LogP contribution in [0, 0.1) is 11.8 Å². The van der Waals surface area contributed by atoms with Gasteiger partial charge in [0, 0.05) is 18.5 Å². The number of carbonyl (C=O) groups is 2. The molecule has 0 aromatic carbocycles. The van der Waals surface area contributed by atoms with E-state index in [4.69, 9.17) is 4.74 Å². The second-order valence-electron chi connectivity index (χ2n) is 8.80. The molecule has 2 aliphatic rings. The molecule has 4 rings (SSSR count). The number of hydrogen-bond donors (Lipinski definition) is 0. The van der Waals surface area contributed by atoms with Crippen LogP contribution in [0.4, 0.5) is 13.2 Å². The van der Waals surface area contributed by atoms with Gasteiger partial charge in [-0.15, -0.1) is 0 Å². The second kappa shape index (κ2) is 9.87. The lowest BCUT2D eigenvalue weighted by atomic mass is 9.80. The summed E-state index contributed by atoms with van der Waals surface area (Å²) in [5.74, 6) is -0.116. The van der Waals surface area contributed by atoms with Crippen molar-refractivity contribution in [3.8, 4) is 0 Å². The summed E-state index contributed by atoms with van der Waals surface area (Å²) in [7, 11) is 0. The maximum absolute atomic E-state index is 13.6. The van der Waals surface area contributed by atoms with Crippen molar-refractivity contribution in [3.05, 3.63) is 39.3 Å². The Bertz CT molecular complexity index is 979. The minimum Gasteiger partial charge on any atom is -0.466 e. The summed E-state index contributed by atoms with van der Waals surface area (Å²) in [4.78, 5) is 26.6. The molecule has 0 unspecified atom stereocenters. The highest BCUT2D eigenvalue weighted by Gasteiger charge is 2.41. The Hall–Kier alpha value is -2.36. The fourth-order valence-electron chi connectivity index (χ4n) is 4.85. The highest BCUT2D eigenvalue weighted by molar-refractivity contribution is 7.07. The van der Waals surface area contributed by atoms with Crippen molar-refractivity contribution in [2.45, 2.75) is 64.7 Å². The quantitative estimate of drug-likeness (QED) is 0.561. The number of nitrogens with zero attached hydrogens (tertiary/aromatic N) is 3. The number of carbonyl (C=O) groups excluding carboxylic acids is 2. The van der Waals surface area contributed by atoms with E-state index >= 15 is 0 Å². The van der Waals surface area contributed by atoms with Crippen LogP contribution in [0.1, 0.15) is 61.5 Å². The number of ether oxygens (including phenoxy) is 1. The summed E-state index contributed by atoms with van der Waals surface area (Å²) in [6, 6.07) is 1.87. The van der Waals surface area contributed by atoms with Crippen molar-refractivity contribution >= 4 is 23.2 Å². The van der Waals surface area contributed by atoms with Crippen LogP contribution in [-0.2, 0) is 40.0 Å². The third kappa shape index (κ3) is 5.42. The van der Waals surface area contributed by atoms with Crippen LogP contribution in [0.5, 0.6) is 0 Å². The lowest BCUT2D eigenvalue weighted by Gasteiger charge is -2.31. The zero-order valence-corrected chi connectivity index (χ0v) is 19.4. The van der Waals surface area contributed by atoms with Crippen LogP contribution in [0.3, 0.4) is 0 Å². The number of fused-ring (bicyclic) bond motifs is 1. The van der Waals surface area contributed by atoms with Gasteiger partial charge in [-0.2, -0.15) is 29.6 Å². The van der Waals surface area contributed by atoms with Gasteiger partial charge in [-0.25, -0.2) is 0 Å². The van der Waals surface area contributed by atoms with Gasteiger partial charge in [-0.1, -0.05) is 0 Å². The summed E-state index contributed by atoms with van der Waals surface area (Å²) in [6.07, 6.45) is -1.03. The first-order valence-electron chi connectivity index (χ1n) is 11.4. The molecule has 0 radical (unpaired) electrons. The van der Waals surface area contributed by atoms with E-state index in [0.717, 1.165) is 18.4 Å². The topological polar surface area (TPSA) is 64.4 Å². The van der Waals surface area contributed by atoms with Crippen molar-refractivity contribution in [2.24, 2.45) is 11.8 Å². The normalized spacial score (nSPS) is 21.0. The van der Waals surface area contributed by atoms with Crippen LogP contribution in [0.2, 0.25) is 0 Å². The van der Waals surface area contributed by atoms with Gasteiger partial charge in [0.15, 0.2) is 5.69 Å². The molecule has 1 aliphatic carbocycles. The molecule has 0 bridgehead atoms. The first-order valence-corrected chi connectivity index (χ1v) is 12.3. The predicted molar refractivity (Wildman–Crippen MR) is 116 cm³/mol. The van der Waals surface area contributed by atoms with E-state index in [1.807, 2.05) is 16.8 Å². The summed E-state index contributed by atoms with van der Waals surface area (Å²) < 4.78 is 47.3. The first-order chi connectivity index (χ1) is 15.8. The number of thiophene rings is 1. The zero-order chi connectivity index (χ0) is 23.6. The molecule has 0 atom stereocenters. The van der Waals surface area contributed by atoms with E-state index in [0.29, 0.717) is 31.6 Å². The van der Waals surface area contributed by atoms with Gasteiger partial charge in [-0.05, 0) is 67.3 Å². The molecule has 0 spiro atoms. The number of rotatable bonds is 6. The Morgan fingerprint density at radius 2 is 2.00 bits per heavy atom. The molecule has 10 heteroatoms. The van der Waals surface area contributed by atoms with Crippen molar-refractivity contribution in [1.82, 2.24) is 14.7 Å². The summed E-state index contributed by atoms with van der Waals surface area (Å²) in [6.45, 7) is 2.81. The standard InChI is InChI=1S/C23H28F3N3O3S/c1-2-32-22(31)17-5-3-15(4-6-17)11-20(30)28-9-7-18-19(13-28)29(12-16-8-10-33-14-16)27-21(18)23(24,25)26/h8,10,14-15,17H,2-7,9,11-13H2,1H3/t15-,17-. The molecular formula is C23H28F3N3O3S. The van der Waals surface area contributed by atoms with Crippen LogP contribution in [-0.4, -0.2) is 39.7 Å². The van der Waals surface area contributed by atoms with Gasteiger partial charge in [0.05, 0.1) is 31.3 Å². The molecule has 1 amide bonds. The van der Waals surface area contributed by atoms with Crippen molar-refractivity contribution in [1.29, 1.82) is 0 Å². The Morgan fingerprint density at radius 1 is 1.24 bits per heavy atom. The summed E-state index contributed by atoms with van der Waals surface area (Å²) >= 11 is 1.48. The number of esters is 1. The van der Waals surface area contributed by atoms with E-state index < -0.39 is 11.9 Å². The van der Waals surface area contributed by atoms with Gasteiger partial charge in [0.2, 0.25) is 5.91 Å². The van der Waals surface area contributed by atoms with Gasteiger partial charge in [-0.3, -0.25) is 14.3 Å². The number of alkyl halides is 3. The molecule has 0 saturated heterocycles. The molecule has 2 aromatic rings. The molecule has 180 valence electrons. The largest absolute Gasteiger partial charge is 0.466 e. The minimum absolute atomic E-state index is 0.0444. The van der Waals surface area contributed by atoms with Crippen LogP contribution in [0.15, 0.2) is 16.8 Å². The van der Waals surface area contributed by atoms with Crippen LogP contribution < -0.4 is 0 Å². The number of aromatic nitrogens is 2. The van der Waals surface area contributed by atoms with Crippen LogP contribution in [0.25, 0.3) is 0 Å². The fourth-order valence-corrected chi connectivity index (χ4v) is 5.51. The average molecular weight is 484 g/mol. The first kappa shape index (κ1) is 23.8. The maximum Gasteiger partial charge on any atom is 0.435 e. The van der Waals surface area contributed by atoms with E-state index in [2.05, 4.69) is 5.10 Å². The molecule has 33 heavy (non-hydrogen) atoms. The van der Waals surface area contributed by atoms with E-state index in [1.165, 1.54) is 16.0 Å². The Morgan fingerprint density at radius 3 is 2.64 bits per heavy atom. The zero-order valence-electron chi connectivity index (χ0n) is 18.6. The minimum atomic E-state index is -4.52. The smallest absolute Gasteiger partial charge is 0.435 e. The van der Waals surface area contributed by atoms with Gasteiger partial charge >= 0.3 is 12.1 Å². The third-order valence-corrected chi connectivity index (χ3v) is 7.33. The Kier molecular flexibility index (Phi) is 7.11. The van der Waals surface area contributed by atoms with Gasteiger partial charge < -0.3 is 9.64 Å². The molecule has 1 aliphatic heterocycles. The number of halogens is 3. The van der Waals surface area contributed by atoms with Gasteiger partial charge in [0.1, 0.15) is 0 Å². The SMILES string of the molecule is CCOC(=O)[C@H]1CC[C@H](CC(=O)N2CCc3c(C(F)(F)F)nn(Cc4ccsc4)c3C2)CC1. The molecule has 3 heterocycles. The molecule has 1 saturated carbocycles. The lowest BCUT2D eigenvalue weighted by Crippen LogP contribution is -2.38. The molecular weight excluding hydrogens is 455 g/mol. The maximum atomic E-state index is 13.6. The second-order valence-corrected chi connectivity index (χ2v) is 9.58. The lowest BCUT2D eigenvalue weighted by molar-refractivity contribution is -0.149. The van der Waals surface area contributed by atoms with E-state index in [1.54, 1.807) is 11.8 Å². The monoisotopic (exact) mass is 483 g/mol. The molecule has 0 N–H and O–H groups in total. The number of amides is 1. The average Bonchev–Trinajstić information content (AvgIpc) is 3.42. The van der Waals surface area contributed by atoms with Crippen LogP contribution >= 0.6 is 11.3 Å². The molecule has 6 nitrogen and oxygen atoms in total. The highest BCUT2D eigenvalue weighted by Crippen LogP contribution is 2.36. The third-order valence-electron chi connectivity index (χ3n) is 6.60.